The highest BCUT2D eigenvalue weighted by Gasteiger charge is 2.30. The largest absolute Gasteiger partial charge is 0.412 e. The Labute approximate surface area is 171 Å². The van der Waals surface area contributed by atoms with E-state index in [4.69, 9.17) is 5.26 Å². The van der Waals surface area contributed by atoms with Crippen LogP contribution in [0.15, 0.2) is 59.1 Å². The van der Waals surface area contributed by atoms with Crippen LogP contribution in [0.4, 0.5) is 13.2 Å². The number of allylic oxidation sites excluding steroid dienone is 2. The number of nitriles is 1. The van der Waals surface area contributed by atoms with E-state index in [-0.39, 0.29) is 24.6 Å². The number of carbonyl (C=O) groups excluding carboxylic acids is 1. The molecule has 0 saturated heterocycles. The van der Waals surface area contributed by atoms with Crippen molar-refractivity contribution in [1.29, 1.82) is 5.26 Å². The number of rotatable bonds is 7. The van der Waals surface area contributed by atoms with Crippen LogP contribution in [0.5, 0.6) is 0 Å². The topological polar surface area (TPSA) is 56.5 Å². The van der Waals surface area contributed by atoms with Crippen LogP contribution >= 0.6 is 11.3 Å². The van der Waals surface area contributed by atoms with E-state index in [1.54, 1.807) is 17.0 Å². The Morgan fingerprint density at radius 1 is 1.21 bits per heavy atom. The molecule has 0 atom stereocenters. The van der Waals surface area contributed by atoms with E-state index in [2.05, 4.69) is 4.99 Å². The van der Waals surface area contributed by atoms with Gasteiger partial charge in [-0.25, -0.2) is 0 Å². The summed E-state index contributed by atoms with van der Waals surface area (Å²) in [5.74, 6) is -0.271. The minimum atomic E-state index is -4.43. The van der Waals surface area contributed by atoms with E-state index < -0.39 is 11.7 Å². The number of thiophene rings is 1. The summed E-state index contributed by atoms with van der Waals surface area (Å²) in [5.41, 5.74) is 0.324. The van der Waals surface area contributed by atoms with Gasteiger partial charge in [0, 0.05) is 25.7 Å². The minimum Gasteiger partial charge on any atom is -0.333 e. The summed E-state index contributed by atoms with van der Waals surface area (Å²) in [7, 11) is 1.41. The van der Waals surface area contributed by atoms with Crippen LogP contribution in [-0.2, 0) is 6.54 Å². The van der Waals surface area contributed by atoms with Gasteiger partial charge in [0.25, 0.3) is 5.91 Å². The third-order valence-corrected chi connectivity index (χ3v) is 5.20. The Balaban J connectivity index is 2.25. The predicted octanol–water partition coefficient (Wildman–Crippen LogP) is 5.23. The molecule has 0 aliphatic rings. The first kappa shape index (κ1) is 22.4. The van der Waals surface area contributed by atoms with Crippen LogP contribution in [0.2, 0.25) is 0 Å². The Morgan fingerprint density at radius 3 is 2.45 bits per heavy atom. The van der Waals surface area contributed by atoms with Crippen LogP contribution in [0.3, 0.4) is 0 Å². The molecule has 2 rings (SSSR count). The van der Waals surface area contributed by atoms with Gasteiger partial charge in [-0.15, -0.1) is 11.3 Å². The van der Waals surface area contributed by atoms with Gasteiger partial charge in [-0.2, -0.15) is 18.4 Å². The lowest BCUT2D eigenvalue weighted by atomic mass is 10.2. The van der Waals surface area contributed by atoms with Gasteiger partial charge >= 0.3 is 6.18 Å². The second kappa shape index (κ2) is 10.0. The molecule has 0 unspecified atom stereocenters. The fourth-order valence-electron chi connectivity index (χ4n) is 2.52. The first-order valence-electron chi connectivity index (χ1n) is 8.79. The number of aliphatic imine (C=N–C) groups is 1. The molecule has 29 heavy (non-hydrogen) atoms. The number of hydrogen-bond acceptors (Lipinski definition) is 4. The van der Waals surface area contributed by atoms with E-state index in [1.165, 1.54) is 7.05 Å². The van der Waals surface area contributed by atoms with Crippen molar-refractivity contribution in [1.82, 2.24) is 4.90 Å². The lowest BCUT2D eigenvalue weighted by Gasteiger charge is -2.21. The molecule has 1 heterocycles. The minimum absolute atomic E-state index is 0.163. The Bertz CT molecular complexity index is 940. The Morgan fingerprint density at radius 2 is 1.86 bits per heavy atom. The molecule has 1 aromatic heterocycles. The number of halogens is 3. The number of alkyl halides is 3. The Kier molecular flexibility index (Phi) is 7.74. The zero-order chi connectivity index (χ0) is 21.4. The first-order chi connectivity index (χ1) is 13.8. The molecule has 152 valence electrons. The number of carbonyl (C=O) groups is 1. The quantitative estimate of drug-likeness (QED) is 0.577. The normalized spacial score (nSPS) is 12.6. The van der Waals surface area contributed by atoms with Gasteiger partial charge in [-0.05, 0) is 30.7 Å². The summed E-state index contributed by atoms with van der Waals surface area (Å²) in [6.07, 6.45) is -3.28. The molecule has 1 amide bonds. The molecular formula is C21H20F3N3OS. The van der Waals surface area contributed by atoms with Gasteiger partial charge in [-0.3, -0.25) is 9.79 Å². The van der Waals surface area contributed by atoms with E-state index >= 15 is 0 Å². The molecule has 0 fully saturated rings. The van der Waals surface area contributed by atoms with Gasteiger partial charge in [0.2, 0.25) is 0 Å². The average molecular weight is 419 g/mol. The van der Waals surface area contributed by atoms with Crippen LogP contribution < -0.4 is 0 Å². The van der Waals surface area contributed by atoms with Crippen molar-refractivity contribution in [3.05, 3.63) is 69.4 Å². The summed E-state index contributed by atoms with van der Waals surface area (Å²) < 4.78 is 38.5. The van der Waals surface area contributed by atoms with Crippen molar-refractivity contribution < 1.29 is 18.0 Å². The van der Waals surface area contributed by atoms with Crippen LogP contribution in [0.25, 0.3) is 0 Å². The van der Waals surface area contributed by atoms with E-state index in [9.17, 15) is 18.0 Å². The molecule has 4 nitrogen and oxygen atoms in total. The molecule has 8 heteroatoms. The highest BCUT2D eigenvalue weighted by molar-refractivity contribution is 7.16. The third kappa shape index (κ3) is 6.29. The fraction of sp³-hybridized carbons (Fsp3) is 0.286. The summed E-state index contributed by atoms with van der Waals surface area (Å²) in [6, 6.07) is 14.6. The van der Waals surface area contributed by atoms with Crippen molar-refractivity contribution in [3.63, 3.8) is 0 Å². The van der Waals surface area contributed by atoms with Crippen molar-refractivity contribution in [2.75, 3.05) is 13.6 Å². The van der Waals surface area contributed by atoms with E-state index in [0.717, 1.165) is 29.9 Å². The van der Waals surface area contributed by atoms with Crippen LogP contribution in [-0.4, -0.2) is 36.3 Å². The summed E-state index contributed by atoms with van der Waals surface area (Å²) in [4.78, 5) is 19.3. The number of amides is 1. The molecule has 0 saturated carbocycles. The zero-order valence-electron chi connectivity index (χ0n) is 16.0. The second-order valence-corrected chi connectivity index (χ2v) is 7.30. The SMILES string of the molecule is CN=C(/C=C(\C)C(F)(F)F)c1ccc(C(=O)N(CCC#N)Cc2ccccc2)s1. The third-order valence-electron chi connectivity index (χ3n) is 4.11. The van der Waals surface area contributed by atoms with Crippen molar-refractivity contribution in [2.45, 2.75) is 26.1 Å². The maximum atomic E-state index is 13.0. The van der Waals surface area contributed by atoms with Crippen molar-refractivity contribution in [2.24, 2.45) is 4.99 Å². The maximum absolute atomic E-state index is 13.0. The van der Waals surface area contributed by atoms with Crippen molar-refractivity contribution >= 4 is 23.0 Å². The summed E-state index contributed by atoms with van der Waals surface area (Å²) in [6.45, 7) is 1.59. The van der Waals surface area contributed by atoms with Gasteiger partial charge in [0.05, 0.1) is 28.0 Å². The molecule has 0 N–H and O–H groups in total. The van der Waals surface area contributed by atoms with E-state index in [1.807, 2.05) is 36.4 Å². The molecular weight excluding hydrogens is 399 g/mol. The molecule has 0 spiro atoms. The molecule has 2 aromatic rings. The van der Waals surface area contributed by atoms with Crippen molar-refractivity contribution in [3.8, 4) is 6.07 Å². The second-order valence-electron chi connectivity index (χ2n) is 6.22. The van der Waals surface area contributed by atoms with Gasteiger partial charge in [0.1, 0.15) is 0 Å². The molecule has 0 bridgehead atoms. The zero-order valence-corrected chi connectivity index (χ0v) is 16.8. The monoisotopic (exact) mass is 419 g/mol. The number of nitrogens with zero attached hydrogens (tertiary/aromatic N) is 3. The summed E-state index contributed by atoms with van der Waals surface area (Å²) in [5, 5.41) is 8.89. The Hall–Kier alpha value is -2.92. The van der Waals surface area contributed by atoms with Crippen LogP contribution in [0, 0.1) is 11.3 Å². The highest BCUT2D eigenvalue weighted by Crippen LogP contribution is 2.27. The maximum Gasteiger partial charge on any atom is 0.412 e. The lowest BCUT2D eigenvalue weighted by molar-refractivity contribution is -0.0912. The van der Waals surface area contributed by atoms with E-state index in [0.29, 0.717) is 16.3 Å². The first-order valence-corrected chi connectivity index (χ1v) is 9.60. The lowest BCUT2D eigenvalue weighted by Crippen LogP contribution is -2.30. The van der Waals surface area contributed by atoms with Gasteiger partial charge in [0.15, 0.2) is 0 Å². The van der Waals surface area contributed by atoms with Gasteiger partial charge < -0.3 is 4.90 Å². The summed E-state index contributed by atoms with van der Waals surface area (Å²) >= 11 is 1.08. The molecule has 1 aromatic carbocycles. The predicted molar refractivity (Wildman–Crippen MR) is 108 cm³/mol. The van der Waals surface area contributed by atoms with Gasteiger partial charge in [-0.1, -0.05) is 30.3 Å². The highest BCUT2D eigenvalue weighted by atomic mass is 32.1. The smallest absolute Gasteiger partial charge is 0.333 e. The number of hydrogen-bond donors (Lipinski definition) is 0. The molecule has 0 aliphatic heterocycles. The molecule has 0 aliphatic carbocycles. The number of benzene rings is 1. The molecule has 0 radical (unpaired) electrons. The average Bonchev–Trinajstić information content (AvgIpc) is 3.18. The standard InChI is InChI=1S/C21H20F3N3OS/c1-15(21(22,23)24)13-17(26-2)18-9-10-19(29-18)20(28)27(12-6-11-25)14-16-7-4-3-5-8-16/h3-5,7-10,13H,6,12,14H2,1-2H3/b15-13+,26-17?. The van der Waals surface area contributed by atoms with Crippen LogP contribution in [0.1, 0.15) is 33.5 Å². The fourth-order valence-corrected chi connectivity index (χ4v) is 3.50.